The highest BCUT2D eigenvalue weighted by Crippen LogP contribution is 2.07. The second-order valence-corrected chi connectivity index (χ2v) is 3.59. The van der Waals surface area contributed by atoms with Gasteiger partial charge < -0.3 is 16.6 Å². The van der Waals surface area contributed by atoms with Crippen molar-refractivity contribution in [3.05, 3.63) is 35.4 Å². The van der Waals surface area contributed by atoms with Gasteiger partial charge in [0.1, 0.15) is 11.9 Å². The Labute approximate surface area is 93.6 Å². The largest absolute Gasteiger partial charge is 0.480 e. The number of rotatable bonds is 5. The lowest BCUT2D eigenvalue weighted by atomic mass is 10.0. The molecule has 0 amide bonds. The maximum atomic E-state index is 10.5. The van der Waals surface area contributed by atoms with Crippen molar-refractivity contribution in [1.29, 1.82) is 5.41 Å². The number of nitrogens with two attached hydrogens (primary N) is 2. The Kier molecular flexibility index (Phi) is 4.02. The van der Waals surface area contributed by atoms with Gasteiger partial charge in [0, 0.05) is 5.56 Å². The van der Waals surface area contributed by atoms with Gasteiger partial charge in [-0.3, -0.25) is 10.2 Å². The molecule has 5 nitrogen and oxygen atoms in total. The number of nitrogens with one attached hydrogen (secondary N) is 1. The summed E-state index contributed by atoms with van der Waals surface area (Å²) in [6, 6.07) is 6.30. The fraction of sp³-hybridized carbons (Fsp3) is 0.273. The highest BCUT2D eigenvalue weighted by molar-refractivity contribution is 5.94. The van der Waals surface area contributed by atoms with E-state index in [0.717, 1.165) is 5.56 Å². The molecule has 0 bridgehead atoms. The van der Waals surface area contributed by atoms with Crippen LogP contribution in [-0.4, -0.2) is 23.0 Å². The van der Waals surface area contributed by atoms with Crippen LogP contribution in [0.4, 0.5) is 0 Å². The molecule has 0 radical (unpaired) electrons. The summed E-state index contributed by atoms with van der Waals surface area (Å²) in [6.07, 6.45) is 1.00. The molecule has 6 N–H and O–H groups in total. The zero-order chi connectivity index (χ0) is 12.1. The Bertz CT molecular complexity index is 387. The Morgan fingerprint density at radius 2 is 1.94 bits per heavy atom. The van der Waals surface area contributed by atoms with Crippen LogP contribution in [0.25, 0.3) is 0 Å². The van der Waals surface area contributed by atoms with E-state index in [0.29, 0.717) is 18.4 Å². The molecule has 0 saturated heterocycles. The fourth-order valence-electron chi connectivity index (χ4n) is 1.30. The van der Waals surface area contributed by atoms with Crippen LogP contribution in [0.3, 0.4) is 0 Å². The third-order valence-electron chi connectivity index (χ3n) is 2.33. The highest BCUT2D eigenvalue weighted by Gasteiger charge is 2.10. The van der Waals surface area contributed by atoms with E-state index in [-0.39, 0.29) is 5.84 Å². The summed E-state index contributed by atoms with van der Waals surface area (Å²) in [4.78, 5) is 10.5. The normalized spacial score (nSPS) is 12.1. The van der Waals surface area contributed by atoms with Crippen molar-refractivity contribution >= 4 is 11.8 Å². The lowest BCUT2D eigenvalue weighted by Crippen LogP contribution is -2.30. The summed E-state index contributed by atoms with van der Waals surface area (Å²) in [5.74, 6) is -0.964. The van der Waals surface area contributed by atoms with Crippen molar-refractivity contribution < 1.29 is 9.90 Å². The number of aryl methyl sites for hydroxylation is 1. The summed E-state index contributed by atoms with van der Waals surface area (Å²) in [6.45, 7) is 0. The Hall–Kier alpha value is -1.88. The topological polar surface area (TPSA) is 113 Å². The molecular formula is C11H15N3O2. The van der Waals surface area contributed by atoms with Crippen molar-refractivity contribution in [3.63, 3.8) is 0 Å². The average Bonchev–Trinajstić information content (AvgIpc) is 2.26. The van der Waals surface area contributed by atoms with E-state index >= 15 is 0 Å². The summed E-state index contributed by atoms with van der Waals surface area (Å²) in [5.41, 5.74) is 12.3. The number of hydrogen-bond acceptors (Lipinski definition) is 3. The average molecular weight is 221 g/mol. The van der Waals surface area contributed by atoms with Crippen LogP contribution in [0.2, 0.25) is 0 Å². The zero-order valence-electron chi connectivity index (χ0n) is 8.81. The molecule has 1 aromatic carbocycles. The molecule has 0 aromatic heterocycles. The molecule has 0 saturated carbocycles. The standard InChI is InChI=1S/C11H15N3O2/c12-9(11(15)16)6-3-7-1-4-8(5-2-7)10(13)14/h1-2,4-5,9H,3,6,12H2,(H3,13,14)(H,15,16). The number of amidine groups is 1. The molecule has 0 heterocycles. The van der Waals surface area contributed by atoms with Gasteiger partial charge in [-0.2, -0.15) is 0 Å². The van der Waals surface area contributed by atoms with E-state index in [9.17, 15) is 4.79 Å². The Morgan fingerprint density at radius 3 is 2.38 bits per heavy atom. The quantitative estimate of drug-likeness (QED) is 0.423. The first-order chi connectivity index (χ1) is 7.50. The van der Waals surface area contributed by atoms with Crippen molar-refractivity contribution in [3.8, 4) is 0 Å². The summed E-state index contributed by atoms with van der Waals surface area (Å²) in [5, 5.41) is 15.8. The van der Waals surface area contributed by atoms with Gasteiger partial charge in [0.15, 0.2) is 0 Å². The number of carboxylic acid groups (broad SMARTS) is 1. The van der Waals surface area contributed by atoms with E-state index in [4.69, 9.17) is 22.0 Å². The molecule has 1 aromatic rings. The molecule has 5 heteroatoms. The lowest BCUT2D eigenvalue weighted by Gasteiger charge is -2.06. The number of carboxylic acids is 1. The monoisotopic (exact) mass is 221 g/mol. The van der Waals surface area contributed by atoms with Crippen molar-refractivity contribution in [2.45, 2.75) is 18.9 Å². The van der Waals surface area contributed by atoms with Crippen LogP contribution in [0.1, 0.15) is 17.5 Å². The molecule has 16 heavy (non-hydrogen) atoms. The molecule has 0 aliphatic carbocycles. The number of benzene rings is 1. The van der Waals surface area contributed by atoms with Crippen molar-refractivity contribution in [2.24, 2.45) is 11.5 Å². The van der Waals surface area contributed by atoms with Crippen LogP contribution in [-0.2, 0) is 11.2 Å². The van der Waals surface area contributed by atoms with Gasteiger partial charge >= 0.3 is 5.97 Å². The second-order valence-electron chi connectivity index (χ2n) is 3.59. The van der Waals surface area contributed by atoms with Crippen LogP contribution in [0.5, 0.6) is 0 Å². The number of nitrogen functional groups attached to an aromatic ring is 1. The van der Waals surface area contributed by atoms with Gasteiger partial charge in [-0.05, 0) is 18.4 Å². The third kappa shape index (κ3) is 3.36. The first-order valence-corrected chi connectivity index (χ1v) is 4.92. The fourth-order valence-corrected chi connectivity index (χ4v) is 1.30. The molecule has 1 rings (SSSR count). The van der Waals surface area contributed by atoms with Gasteiger partial charge in [0.05, 0.1) is 0 Å². The zero-order valence-corrected chi connectivity index (χ0v) is 8.81. The predicted octanol–water partition coefficient (Wildman–Crippen LogP) is 0.315. The van der Waals surface area contributed by atoms with E-state index in [1.54, 1.807) is 12.1 Å². The molecule has 1 unspecified atom stereocenters. The molecule has 0 spiro atoms. The number of hydrogen-bond donors (Lipinski definition) is 4. The molecule has 86 valence electrons. The molecular weight excluding hydrogens is 206 g/mol. The summed E-state index contributed by atoms with van der Waals surface area (Å²) in [7, 11) is 0. The van der Waals surface area contributed by atoms with E-state index in [1.807, 2.05) is 12.1 Å². The first kappa shape index (κ1) is 12.2. The van der Waals surface area contributed by atoms with Crippen molar-refractivity contribution in [1.82, 2.24) is 0 Å². The molecule has 0 fully saturated rings. The van der Waals surface area contributed by atoms with E-state index < -0.39 is 12.0 Å². The highest BCUT2D eigenvalue weighted by atomic mass is 16.4. The van der Waals surface area contributed by atoms with Crippen LogP contribution in [0, 0.1) is 5.41 Å². The molecule has 0 aliphatic rings. The predicted molar refractivity (Wildman–Crippen MR) is 61.4 cm³/mol. The number of aliphatic carboxylic acids is 1. The van der Waals surface area contributed by atoms with Gasteiger partial charge in [0.25, 0.3) is 0 Å². The van der Waals surface area contributed by atoms with Gasteiger partial charge in [-0.25, -0.2) is 0 Å². The smallest absolute Gasteiger partial charge is 0.320 e. The van der Waals surface area contributed by atoms with Crippen LogP contribution >= 0.6 is 0 Å². The van der Waals surface area contributed by atoms with Crippen LogP contribution < -0.4 is 11.5 Å². The lowest BCUT2D eigenvalue weighted by molar-refractivity contribution is -0.138. The third-order valence-corrected chi connectivity index (χ3v) is 2.33. The molecule has 1 atom stereocenters. The minimum Gasteiger partial charge on any atom is -0.480 e. The SMILES string of the molecule is N=C(N)c1ccc(CCC(N)C(=O)O)cc1. The maximum absolute atomic E-state index is 10.5. The summed E-state index contributed by atoms with van der Waals surface area (Å²) < 4.78 is 0. The van der Waals surface area contributed by atoms with Gasteiger partial charge in [-0.15, -0.1) is 0 Å². The first-order valence-electron chi connectivity index (χ1n) is 4.92. The molecule has 0 aliphatic heterocycles. The maximum Gasteiger partial charge on any atom is 0.320 e. The van der Waals surface area contributed by atoms with Crippen LogP contribution in [0.15, 0.2) is 24.3 Å². The number of carbonyl (C=O) groups is 1. The minimum atomic E-state index is -0.986. The van der Waals surface area contributed by atoms with Crippen molar-refractivity contribution in [2.75, 3.05) is 0 Å². The van der Waals surface area contributed by atoms with Gasteiger partial charge in [-0.1, -0.05) is 24.3 Å². The second kappa shape index (κ2) is 5.27. The Morgan fingerprint density at radius 1 is 1.38 bits per heavy atom. The summed E-state index contributed by atoms with van der Waals surface area (Å²) >= 11 is 0. The van der Waals surface area contributed by atoms with E-state index in [2.05, 4.69) is 0 Å². The Balaban J connectivity index is 2.56. The van der Waals surface area contributed by atoms with Gasteiger partial charge in [0.2, 0.25) is 0 Å². The minimum absolute atomic E-state index is 0.0220. The van der Waals surface area contributed by atoms with E-state index in [1.165, 1.54) is 0 Å².